The van der Waals surface area contributed by atoms with Gasteiger partial charge in [0.05, 0.1) is 28.0 Å². The number of rotatable bonds is 4. The first kappa shape index (κ1) is 21.5. The van der Waals surface area contributed by atoms with E-state index in [2.05, 4.69) is 20.4 Å². The minimum Gasteiger partial charge on any atom is -0.382 e. The number of halogens is 2. The Balaban J connectivity index is 1.62. The van der Waals surface area contributed by atoms with E-state index in [0.717, 1.165) is 0 Å². The molecular formula is C21H15Cl2N7O2. The maximum absolute atomic E-state index is 12.5. The van der Waals surface area contributed by atoms with Crippen LogP contribution < -0.4 is 11.1 Å². The Morgan fingerprint density at radius 3 is 2.75 bits per heavy atom. The van der Waals surface area contributed by atoms with Gasteiger partial charge < -0.3 is 16.2 Å². The Hall–Kier alpha value is -3.71. The Morgan fingerprint density at radius 1 is 1.25 bits per heavy atom. The van der Waals surface area contributed by atoms with E-state index in [-0.39, 0.29) is 27.0 Å². The van der Waals surface area contributed by atoms with Gasteiger partial charge in [-0.25, -0.2) is 14.6 Å². The summed E-state index contributed by atoms with van der Waals surface area (Å²) in [6, 6.07) is 10.9. The van der Waals surface area contributed by atoms with Crippen LogP contribution in [0.1, 0.15) is 22.9 Å². The number of anilines is 2. The number of fused-ring (bicyclic) bond motifs is 1. The Morgan fingerprint density at radius 2 is 2.03 bits per heavy atom. The molecule has 160 valence electrons. The van der Waals surface area contributed by atoms with Crippen molar-refractivity contribution in [1.82, 2.24) is 19.7 Å². The number of nitrogen functional groups attached to an aromatic ring is 1. The Bertz CT molecular complexity index is 1410. The van der Waals surface area contributed by atoms with Crippen molar-refractivity contribution < 1.29 is 9.90 Å². The van der Waals surface area contributed by atoms with Crippen LogP contribution in [-0.2, 0) is 4.79 Å². The summed E-state index contributed by atoms with van der Waals surface area (Å²) in [5.41, 5.74) is 9.08. The SMILES string of the molecule is Cc1nn(-c2ccc(NC(=O)C(O)c3cc(Cl)cc(C#N)c3)cc2Cl)c2c(N)ncnc12. The van der Waals surface area contributed by atoms with Gasteiger partial charge in [0.15, 0.2) is 11.9 Å². The zero-order valence-electron chi connectivity index (χ0n) is 16.5. The number of benzene rings is 2. The lowest BCUT2D eigenvalue weighted by atomic mass is 10.1. The monoisotopic (exact) mass is 467 g/mol. The molecular weight excluding hydrogens is 453 g/mol. The summed E-state index contributed by atoms with van der Waals surface area (Å²) in [6.07, 6.45) is -0.171. The van der Waals surface area contributed by atoms with Gasteiger partial charge in [-0.05, 0) is 48.9 Å². The lowest BCUT2D eigenvalue weighted by Gasteiger charge is -2.14. The quantitative estimate of drug-likeness (QED) is 0.416. The number of carbonyl (C=O) groups is 1. The number of nitrogens with zero attached hydrogens (tertiary/aromatic N) is 5. The summed E-state index contributed by atoms with van der Waals surface area (Å²) in [7, 11) is 0. The molecule has 0 saturated heterocycles. The van der Waals surface area contributed by atoms with Crippen molar-refractivity contribution in [3.8, 4) is 11.8 Å². The molecule has 1 unspecified atom stereocenters. The molecule has 32 heavy (non-hydrogen) atoms. The molecule has 0 aliphatic heterocycles. The van der Waals surface area contributed by atoms with Crippen LogP contribution in [0.4, 0.5) is 11.5 Å². The fourth-order valence-electron chi connectivity index (χ4n) is 3.24. The number of hydrogen-bond donors (Lipinski definition) is 3. The number of nitrogens with two attached hydrogens (primary N) is 1. The van der Waals surface area contributed by atoms with Crippen LogP contribution in [0, 0.1) is 18.3 Å². The molecule has 2 aromatic heterocycles. The second-order valence-corrected chi connectivity index (χ2v) is 7.74. The number of hydrogen-bond acceptors (Lipinski definition) is 7. The lowest BCUT2D eigenvalue weighted by Crippen LogP contribution is -2.21. The van der Waals surface area contributed by atoms with Crippen LogP contribution in [0.2, 0.25) is 10.0 Å². The van der Waals surface area contributed by atoms with Gasteiger partial charge in [-0.2, -0.15) is 10.4 Å². The van der Waals surface area contributed by atoms with Crippen molar-refractivity contribution >= 4 is 51.6 Å². The van der Waals surface area contributed by atoms with Crippen molar-refractivity contribution in [2.24, 2.45) is 0 Å². The molecule has 0 bridgehead atoms. The van der Waals surface area contributed by atoms with Gasteiger partial charge in [0.25, 0.3) is 5.91 Å². The number of amides is 1. The van der Waals surface area contributed by atoms with E-state index in [1.807, 2.05) is 6.07 Å². The Labute approximate surface area is 192 Å². The molecule has 0 fully saturated rings. The summed E-state index contributed by atoms with van der Waals surface area (Å²) >= 11 is 12.4. The second kappa shape index (κ2) is 8.43. The van der Waals surface area contributed by atoms with Gasteiger partial charge in [0, 0.05) is 10.7 Å². The molecule has 0 radical (unpaired) electrons. The highest BCUT2D eigenvalue weighted by Gasteiger charge is 2.20. The standard InChI is InChI=1S/C21H15Cl2N7O2/c1-10-17-18(20(25)27-9-26-17)30(29-10)16-3-2-14(7-15(16)23)28-21(32)19(31)12-4-11(8-24)5-13(22)6-12/h2-7,9,19,31H,1H3,(H,28,32)(H2,25,26,27). The number of aryl methyl sites for hydroxylation is 1. The molecule has 4 N–H and O–H groups in total. The number of aliphatic hydroxyl groups excluding tert-OH is 1. The summed E-state index contributed by atoms with van der Waals surface area (Å²) < 4.78 is 1.54. The van der Waals surface area contributed by atoms with Crippen LogP contribution in [-0.4, -0.2) is 30.8 Å². The van der Waals surface area contributed by atoms with E-state index in [1.165, 1.54) is 35.3 Å². The normalized spacial score (nSPS) is 11.8. The highest BCUT2D eigenvalue weighted by Crippen LogP contribution is 2.30. The average molecular weight is 468 g/mol. The Kier molecular flexibility index (Phi) is 5.67. The molecule has 1 atom stereocenters. The van der Waals surface area contributed by atoms with E-state index >= 15 is 0 Å². The largest absolute Gasteiger partial charge is 0.382 e. The molecule has 2 heterocycles. The molecule has 0 aliphatic rings. The van der Waals surface area contributed by atoms with Crippen LogP contribution in [0.3, 0.4) is 0 Å². The first-order valence-corrected chi connectivity index (χ1v) is 9.99. The summed E-state index contributed by atoms with van der Waals surface area (Å²) in [5.74, 6) is -0.455. The van der Waals surface area contributed by atoms with Crippen LogP contribution >= 0.6 is 23.2 Å². The van der Waals surface area contributed by atoms with Gasteiger partial charge in [-0.15, -0.1) is 0 Å². The smallest absolute Gasteiger partial charge is 0.257 e. The van der Waals surface area contributed by atoms with Crippen molar-refractivity contribution in [2.45, 2.75) is 13.0 Å². The molecule has 2 aromatic carbocycles. The highest BCUT2D eigenvalue weighted by molar-refractivity contribution is 6.33. The van der Waals surface area contributed by atoms with Gasteiger partial charge in [0.1, 0.15) is 17.4 Å². The lowest BCUT2D eigenvalue weighted by molar-refractivity contribution is -0.124. The van der Waals surface area contributed by atoms with Crippen molar-refractivity contribution in [3.63, 3.8) is 0 Å². The van der Waals surface area contributed by atoms with Crippen LogP contribution in [0.15, 0.2) is 42.7 Å². The molecule has 4 aromatic rings. The number of nitrogens with one attached hydrogen (secondary N) is 1. The van der Waals surface area contributed by atoms with Crippen LogP contribution in [0.5, 0.6) is 0 Å². The third-order valence-electron chi connectivity index (χ3n) is 4.71. The maximum Gasteiger partial charge on any atom is 0.257 e. The van der Waals surface area contributed by atoms with Gasteiger partial charge >= 0.3 is 0 Å². The number of nitriles is 1. The molecule has 0 aliphatic carbocycles. The predicted octanol–water partition coefficient (Wildman–Crippen LogP) is 3.56. The summed E-state index contributed by atoms with van der Waals surface area (Å²) in [6.45, 7) is 1.79. The fraction of sp³-hybridized carbons (Fsp3) is 0.0952. The molecule has 0 spiro atoms. The van der Waals surface area contributed by atoms with Crippen molar-refractivity contribution in [2.75, 3.05) is 11.1 Å². The van der Waals surface area contributed by atoms with E-state index in [1.54, 1.807) is 19.1 Å². The zero-order chi connectivity index (χ0) is 23.0. The minimum absolute atomic E-state index is 0.197. The molecule has 11 heteroatoms. The van der Waals surface area contributed by atoms with Crippen molar-refractivity contribution in [1.29, 1.82) is 5.26 Å². The first-order chi connectivity index (χ1) is 15.3. The molecule has 0 saturated carbocycles. The topological polar surface area (TPSA) is 143 Å². The molecule has 9 nitrogen and oxygen atoms in total. The summed E-state index contributed by atoms with van der Waals surface area (Å²) in [4.78, 5) is 20.7. The van der Waals surface area contributed by atoms with E-state index in [4.69, 9.17) is 34.2 Å². The average Bonchev–Trinajstić information content (AvgIpc) is 3.10. The zero-order valence-corrected chi connectivity index (χ0v) is 18.1. The van der Waals surface area contributed by atoms with Gasteiger partial charge in [0.2, 0.25) is 0 Å². The van der Waals surface area contributed by atoms with Crippen molar-refractivity contribution in [3.05, 3.63) is 69.6 Å². The molecule has 4 rings (SSSR count). The van der Waals surface area contributed by atoms with E-state index in [0.29, 0.717) is 28.1 Å². The maximum atomic E-state index is 12.5. The van der Waals surface area contributed by atoms with Gasteiger partial charge in [-0.1, -0.05) is 23.2 Å². The fourth-order valence-corrected chi connectivity index (χ4v) is 3.74. The second-order valence-electron chi connectivity index (χ2n) is 6.90. The third-order valence-corrected chi connectivity index (χ3v) is 5.23. The third kappa shape index (κ3) is 3.94. The summed E-state index contributed by atoms with van der Waals surface area (Å²) in [5, 5.41) is 27.0. The highest BCUT2D eigenvalue weighted by atomic mass is 35.5. The number of aromatic nitrogens is 4. The predicted molar refractivity (Wildman–Crippen MR) is 121 cm³/mol. The number of aliphatic hydroxyl groups is 1. The molecule has 1 amide bonds. The van der Waals surface area contributed by atoms with E-state index < -0.39 is 12.0 Å². The van der Waals surface area contributed by atoms with Crippen LogP contribution in [0.25, 0.3) is 16.7 Å². The first-order valence-electron chi connectivity index (χ1n) is 9.23. The number of carbonyl (C=O) groups excluding carboxylic acids is 1. The minimum atomic E-state index is -1.53. The van der Waals surface area contributed by atoms with Gasteiger partial charge in [-0.3, -0.25) is 4.79 Å². The van der Waals surface area contributed by atoms with E-state index in [9.17, 15) is 9.90 Å².